The summed E-state index contributed by atoms with van der Waals surface area (Å²) >= 11 is 0. The third kappa shape index (κ3) is 4.43. The van der Waals surface area contributed by atoms with Crippen LogP contribution in [-0.2, 0) is 11.3 Å². The predicted octanol–water partition coefficient (Wildman–Crippen LogP) is 0.996. The monoisotopic (exact) mass is 330 g/mol. The van der Waals surface area contributed by atoms with Gasteiger partial charge in [-0.05, 0) is 24.1 Å². The fourth-order valence-electron chi connectivity index (χ4n) is 2.68. The fourth-order valence-corrected chi connectivity index (χ4v) is 2.68. The number of nitrogens with zero attached hydrogens (tertiary/aromatic N) is 1. The maximum Gasteiger partial charge on any atom is 0.248 e. The van der Waals surface area contributed by atoms with Crippen molar-refractivity contribution in [3.8, 4) is 5.75 Å². The van der Waals surface area contributed by atoms with Gasteiger partial charge in [-0.25, -0.2) is 0 Å². The van der Waals surface area contributed by atoms with Crippen LogP contribution in [0.2, 0.25) is 0 Å². The van der Waals surface area contributed by atoms with Crippen LogP contribution in [0.1, 0.15) is 12.0 Å². The number of hydrogen-bond acceptors (Lipinski definition) is 6. The molecule has 0 amide bonds. The zero-order valence-electron chi connectivity index (χ0n) is 13.6. The Kier molecular flexibility index (Phi) is 5.61. The van der Waals surface area contributed by atoms with E-state index < -0.39 is 10.9 Å². The zero-order valence-corrected chi connectivity index (χ0v) is 13.6. The Labute approximate surface area is 140 Å². The molecule has 6 heteroatoms. The lowest BCUT2D eigenvalue weighted by molar-refractivity contribution is 0.0341. The predicted molar refractivity (Wildman–Crippen MR) is 92.5 cm³/mol. The van der Waals surface area contributed by atoms with E-state index in [2.05, 4.69) is 22.3 Å². The molecule has 0 atom stereocenters. The summed E-state index contributed by atoms with van der Waals surface area (Å²) in [6.45, 7) is 5.61. The fraction of sp³-hybridized carbons (Fsp3) is 0.444. The van der Waals surface area contributed by atoms with Gasteiger partial charge < -0.3 is 14.8 Å². The van der Waals surface area contributed by atoms with E-state index in [4.69, 9.17) is 9.47 Å². The summed E-state index contributed by atoms with van der Waals surface area (Å²) < 4.78 is 11.1. The van der Waals surface area contributed by atoms with Crippen LogP contribution in [-0.4, -0.2) is 44.4 Å². The van der Waals surface area contributed by atoms with Gasteiger partial charge in [0.25, 0.3) is 0 Å². The summed E-state index contributed by atoms with van der Waals surface area (Å²) in [5.41, 5.74) is 0.793. The van der Waals surface area contributed by atoms with Crippen molar-refractivity contribution in [1.82, 2.24) is 4.90 Å². The van der Waals surface area contributed by atoms with Crippen molar-refractivity contribution < 1.29 is 9.47 Å². The first kappa shape index (κ1) is 16.7. The molecule has 1 heterocycles. The Morgan fingerprint density at radius 2 is 2.00 bits per heavy atom. The summed E-state index contributed by atoms with van der Waals surface area (Å²) in [4.78, 5) is 24.3. The van der Waals surface area contributed by atoms with Crippen LogP contribution in [0.5, 0.6) is 5.75 Å². The van der Waals surface area contributed by atoms with E-state index in [0.29, 0.717) is 18.8 Å². The molecule has 0 aliphatic carbocycles. The summed E-state index contributed by atoms with van der Waals surface area (Å²) in [7, 11) is 0. The maximum atomic E-state index is 11.1. The lowest BCUT2D eigenvalue weighted by atomic mass is 10.2. The van der Waals surface area contributed by atoms with Gasteiger partial charge in [-0.1, -0.05) is 12.1 Å². The third-order valence-corrected chi connectivity index (χ3v) is 4.06. The van der Waals surface area contributed by atoms with Crippen molar-refractivity contribution in [3.63, 3.8) is 0 Å². The topological polar surface area (TPSA) is 67.9 Å². The molecule has 24 heavy (non-hydrogen) atoms. The lowest BCUT2D eigenvalue weighted by Crippen LogP contribution is -2.35. The van der Waals surface area contributed by atoms with E-state index in [9.17, 15) is 9.59 Å². The molecule has 1 aliphatic heterocycles. The summed E-state index contributed by atoms with van der Waals surface area (Å²) in [5, 5.41) is 2.94. The molecule has 1 fully saturated rings. The van der Waals surface area contributed by atoms with Gasteiger partial charge in [0.15, 0.2) is 0 Å². The molecule has 0 saturated carbocycles. The molecule has 2 aromatic rings. The van der Waals surface area contributed by atoms with Gasteiger partial charge in [0.2, 0.25) is 10.9 Å². The Hall–Kier alpha value is -2.18. The highest BCUT2D eigenvalue weighted by Crippen LogP contribution is 2.16. The highest BCUT2D eigenvalue weighted by atomic mass is 16.5. The molecular weight excluding hydrogens is 308 g/mol. The highest BCUT2D eigenvalue weighted by molar-refractivity contribution is 5.46. The molecule has 6 nitrogen and oxygen atoms in total. The number of ether oxygens (including phenoxy) is 2. The molecule has 2 aromatic carbocycles. The van der Waals surface area contributed by atoms with E-state index in [0.717, 1.165) is 45.0 Å². The summed E-state index contributed by atoms with van der Waals surface area (Å²) in [6.07, 6.45) is 0.756. The van der Waals surface area contributed by atoms with Crippen LogP contribution in [0.4, 0.5) is 5.69 Å². The van der Waals surface area contributed by atoms with Gasteiger partial charge in [-0.15, -0.1) is 0 Å². The summed E-state index contributed by atoms with van der Waals surface area (Å²) in [6, 6.07) is 9.47. The number of nitrogens with one attached hydrogen (secondary N) is 1. The molecule has 0 bridgehead atoms. The van der Waals surface area contributed by atoms with E-state index >= 15 is 0 Å². The van der Waals surface area contributed by atoms with Gasteiger partial charge >= 0.3 is 0 Å². The first-order chi connectivity index (χ1) is 11.7. The van der Waals surface area contributed by atoms with Crippen LogP contribution >= 0.6 is 0 Å². The first-order valence-corrected chi connectivity index (χ1v) is 8.28. The molecule has 1 N–H and O–H groups in total. The minimum atomic E-state index is -0.425. The number of rotatable bonds is 8. The minimum absolute atomic E-state index is 0.410. The second kappa shape index (κ2) is 8.08. The highest BCUT2D eigenvalue weighted by Gasteiger charge is 2.11. The van der Waals surface area contributed by atoms with Crippen molar-refractivity contribution in [2.24, 2.45) is 0 Å². The van der Waals surface area contributed by atoms with E-state index in [-0.39, 0.29) is 0 Å². The summed E-state index contributed by atoms with van der Waals surface area (Å²) in [5.74, 6) is 0.856. The van der Waals surface area contributed by atoms with Crippen LogP contribution in [0.25, 0.3) is 0 Å². The quantitative estimate of drug-likeness (QED) is 0.575. The molecule has 0 unspecified atom stereocenters. The minimum Gasteiger partial charge on any atom is -0.494 e. The second-order valence-electron chi connectivity index (χ2n) is 5.92. The first-order valence-electron chi connectivity index (χ1n) is 8.28. The van der Waals surface area contributed by atoms with Gasteiger partial charge in [0.05, 0.1) is 25.5 Å². The smallest absolute Gasteiger partial charge is 0.248 e. The Bertz CT molecular complexity index is 731. The number of anilines is 1. The average Bonchev–Trinajstić information content (AvgIpc) is 2.61. The zero-order chi connectivity index (χ0) is 16.8. The largest absolute Gasteiger partial charge is 0.494 e. The van der Waals surface area contributed by atoms with E-state index in [1.807, 2.05) is 12.1 Å². The van der Waals surface area contributed by atoms with Gasteiger partial charge in [-0.2, -0.15) is 0 Å². The molecule has 1 aliphatic rings. The van der Waals surface area contributed by atoms with Gasteiger partial charge in [-0.3, -0.25) is 14.5 Å². The maximum absolute atomic E-state index is 11.1. The van der Waals surface area contributed by atoms with Crippen molar-refractivity contribution in [3.05, 3.63) is 56.3 Å². The molecule has 0 spiro atoms. The number of benzene rings is 1. The number of morpholine rings is 1. The van der Waals surface area contributed by atoms with E-state index in [1.54, 1.807) is 0 Å². The van der Waals surface area contributed by atoms with Crippen LogP contribution in [0.15, 0.2) is 39.9 Å². The Morgan fingerprint density at radius 1 is 1.17 bits per heavy atom. The molecule has 128 valence electrons. The standard InChI is InChI=1S/C18H22N2O4/c21-17-12-16(18(17)22)19-5-2-8-24-15-4-1-3-14(11-15)13-20-6-9-23-10-7-20/h1,3-4,11-12,19H,2,5-10,13H2. The third-order valence-electron chi connectivity index (χ3n) is 4.06. The molecule has 0 radical (unpaired) electrons. The molecule has 1 saturated heterocycles. The van der Waals surface area contributed by atoms with Crippen LogP contribution < -0.4 is 20.9 Å². The van der Waals surface area contributed by atoms with Gasteiger partial charge in [0, 0.05) is 32.2 Å². The van der Waals surface area contributed by atoms with Crippen LogP contribution in [0, 0.1) is 0 Å². The second-order valence-corrected chi connectivity index (χ2v) is 5.92. The Morgan fingerprint density at radius 3 is 2.75 bits per heavy atom. The van der Waals surface area contributed by atoms with Crippen molar-refractivity contribution in [2.45, 2.75) is 13.0 Å². The molecular formula is C18H22N2O4. The van der Waals surface area contributed by atoms with Crippen molar-refractivity contribution in [1.29, 1.82) is 0 Å². The molecule has 0 aromatic heterocycles. The number of hydrogen-bond donors (Lipinski definition) is 1. The normalized spacial score (nSPS) is 15.5. The Balaban J connectivity index is 1.39. The lowest BCUT2D eigenvalue weighted by Gasteiger charge is -2.26. The van der Waals surface area contributed by atoms with Crippen molar-refractivity contribution in [2.75, 3.05) is 44.8 Å². The SMILES string of the molecule is O=c1cc(NCCCOc2cccc(CN3CCOCC3)c2)c1=O. The van der Waals surface area contributed by atoms with Crippen LogP contribution in [0.3, 0.4) is 0 Å². The van der Waals surface area contributed by atoms with Gasteiger partial charge in [0.1, 0.15) is 5.75 Å². The average molecular weight is 330 g/mol. The van der Waals surface area contributed by atoms with Crippen molar-refractivity contribution >= 4 is 5.69 Å². The van der Waals surface area contributed by atoms with E-state index in [1.165, 1.54) is 11.6 Å². The molecule has 3 rings (SSSR count).